The minimum Gasteiger partial charge on any atom is -0.325 e. The number of carbonyl (C=O) groups is 1. The van der Waals surface area contributed by atoms with Gasteiger partial charge in [0.2, 0.25) is 11.1 Å². The highest BCUT2D eigenvalue weighted by Crippen LogP contribution is 2.19. The van der Waals surface area contributed by atoms with Crippen LogP contribution in [0.3, 0.4) is 0 Å². The SMILES string of the molecule is Cc1cc(I)ccc1NC(=O)CSc1ncn(-c2ccccc2)n1. The molecule has 3 rings (SSSR count). The van der Waals surface area contributed by atoms with Gasteiger partial charge in [-0.1, -0.05) is 30.0 Å². The molecule has 1 heterocycles. The zero-order valence-corrected chi connectivity index (χ0v) is 15.9. The molecule has 3 aromatic rings. The number of para-hydroxylation sites is 1. The van der Waals surface area contributed by atoms with Crippen LogP contribution in [0.15, 0.2) is 60.0 Å². The lowest BCUT2D eigenvalue weighted by atomic mass is 10.2. The van der Waals surface area contributed by atoms with Crippen molar-refractivity contribution in [3.63, 3.8) is 0 Å². The van der Waals surface area contributed by atoms with E-state index >= 15 is 0 Å². The molecule has 0 saturated carbocycles. The van der Waals surface area contributed by atoms with Gasteiger partial charge in [0.15, 0.2) is 0 Å². The molecule has 0 spiro atoms. The Morgan fingerprint density at radius 3 is 2.79 bits per heavy atom. The van der Waals surface area contributed by atoms with Crippen LogP contribution in [0.1, 0.15) is 5.56 Å². The van der Waals surface area contributed by atoms with Gasteiger partial charge in [-0.05, 0) is 65.4 Å². The predicted octanol–water partition coefficient (Wildman–Crippen LogP) is 3.91. The molecule has 0 fully saturated rings. The predicted molar refractivity (Wildman–Crippen MR) is 105 cm³/mol. The number of aryl methyl sites for hydroxylation is 1. The average molecular weight is 450 g/mol. The topological polar surface area (TPSA) is 59.8 Å². The molecule has 1 N–H and O–H groups in total. The van der Waals surface area contributed by atoms with Crippen LogP contribution < -0.4 is 5.32 Å². The highest BCUT2D eigenvalue weighted by molar-refractivity contribution is 14.1. The summed E-state index contributed by atoms with van der Waals surface area (Å²) in [5.74, 6) is 0.199. The normalized spacial score (nSPS) is 10.6. The first-order chi connectivity index (χ1) is 11.6. The third-order valence-electron chi connectivity index (χ3n) is 3.29. The molecule has 1 aromatic heterocycles. The Hall–Kier alpha value is -1.87. The van der Waals surface area contributed by atoms with E-state index in [-0.39, 0.29) is 11.7 Å². The maximum atomic E-state index is 12.1. The van der Waals surface area contributed by atoms with Crippen molar-refractivity contribution in [1.29, 1.82) is 0 Å². The number of nitrogens with one attached hydrogen (secondary N) is 1. The smallest absolute Gasteiger partial charge is 0.234 e. The van der Waals surface area contributed by atoms with Crippen LogP contribution in [-0.2, 0) is 4.79 Å². The quantitative estimate of drug-likeness (QED) is 0.473. The number of carbonyl (C=O) groups excluding carboxylic acids is 1. The third-order valence-corrected chi connectivity index (χ3v) is 4.81. The van der Waals surface area contributed by atoms with Crippen LogP contribution in [0, 0.1) is 10.5 Å². The number of halogens is 1. The van der Waals surface area contributed by atoms with Crippen molar-refractivity contribution in [2.24, 2.45) is 0 Å². The standard InChI is InChI=1S/C17H15IN4OS/c1-12-9-13(18)7-8-15(12)20-16(23)10-24-17-19-11-22(21-17)14-5-3-2-4-6-14/h2-9,11H,10H2,1H3,(H,20,23). The second-order valence-electron chi connectivity index (χ2n) is 5.10. The Balaban J connectivity index is 1.58. The largest absolute Gasteiger partial charge is 0.325 e. The van der Waals surface area contributed by atoms with Crippen molar-refractivity contribution in [2.45, 2.75) is 12.1 Å². The van der Waals surface area contributed by atoms with E-state index in [1.165, 1.54) is 11.8 Å². The molecular formula is C17H15IN4OS. The molecule has 24 heavy (non-hydrogen) atoms. The van der Waals surface area contributed by atoms with Crippen molar-refractivity contribution >= 4 is 45.9 Å². The fourth-order valence-electron chi connectivity index (χ4n) is 2.10. The first-order valence-corrected chi connectivity index (χ1v) is 9.34. The monoisotopic (exact) mass is 450 g/mol. The molecule has 0 saturated heterocycles. The van der Waals surface area contributed by atoms with E-state index in [0.717, 1.165) is 20.5 Å². The number of nitrogens with zero attached hydrogens (tertiary/aromatic N) is 3. The van der Waals surface area contributed by atoms with Gasteiger partial charge in [-0.3, -0.25) is 4.79 Å². The van der Waals surface area contributed by atoms with Gasteiger partial charge in [-0.25, -0.2) is 9.67 Å². The van der Waals surface area contributed by atoms with E-state index in [4.69, 9.17) is 0 Å². The van der Waals surface area contributed by atoms with Gasteiger partial charge >= 0.3 is 0 Å². The van der Waals surface area contributed by atoms with Crippen LogP contribution in [0.2, 0.25) is 0 Å². The Labute approximate surface area is 158 Å². The van der Waals surface area contributed by atoms with Gasteiger partial charge < -0.3 is 5.32 Å². The molecule has 1 amide bonds. The first kappa shape index (κ1) is 17.0. The van der Waals surface area contributed by atoms with Crippen LogP contribution in [-0.4, -0.2) is 26.4 Å². The molecule has 0 atom stereocenters. The van der Waals surface area contributed by atoms with Crippen molar-refractivity contribution < 1.29 is 4.79 Å². The van der Waals surface area contributed by atoms with Crippen LogP contribution in [0.5, 0.6) is 0 Å². The Morgan fingerprint density at radius 1 is 1.25 bits per heavy atom. The van der Waals surface area contributed by atoms with Gasteiger partial charge in [0.1, 0.15) is 6.33 Å². The molecule has 2 aromatic carbocycles. The molecule has 122 valence electrons. The lowest BCUT2D eigenvalue weighted by Gasteiger charge is -2.07. The van der Waals surface area contributed by atoms with E-state index in [9.17, 15) is 4.79 Å². The van der Waals surface area contributed by atoms with Gasteiger partial charge in [0.05, 0.1) is 11.4 Å². The van der Waals surface area contributed by atoms with Gasteiger partial charge in [-0.2, -0.15) is 0 Å². The zero-order valence-electron chi connectivity index (χ0n) is 12.9. The summed E-state index contributed by atoms with van der Waals surface area (Å²) < 4.78 is 2.84. The zero-order chi connectivity index (χ0) is 16.9. The molecule has 0 bridgehead atoms. The number of benzene rings is 2. The second kappa shape index (κ2) is 7.80. The van der Waals surface area contributed by atoms with Crippen LogP contribution in [0.25, 0.3) is 5.69 Å². The fourth-order valence-corrected chi connectivity index (χ4v) is 3.35. The molecule has 0 radical (unpaired) electrons. The molecule has 0 aliphatic carbocycles. The number of hydrogen-bond acceptors (Lipinski definition) is 4. The highest BCUT2D eigenvalue weighted by Gasteiger charge is 2.09. The molecule has 0 aliphatic heterocycles. The summed E-state index contributed by atoms with van der Waals surface area (Å²) >= 11 is 3.57. The summed E-state index contributed by atoms with van der Waals surface area (Å²) in [6, 6.07) is 15.7. The van der Waals surface area contributed by atoms with E-state index < -0.39 is 0 Å². The molecule has 5 nitrogen and oxygen atoms in total. The van der Waals surface area contributed by atoms with Gasteiger partial charge in [0, 0.05) is 9.26 Å². The summed E-state index contributed by atoms with van der Waals surface area (Å²) in [4.78, 5) is 16.3. The minimum absolute atomic E-state index is 0.0691. The fraction of sp³-hybridized carbons (Fsp3) is 0.118. The summed E-state index contributed by atoms with van der Waals surface area (Å²) in [5.41, 5.74) is 2.83. The van der Waals surface area contributed by atoms with Crippen LogP contribution in [0.4, 0.5) is 5.69 Å². The number of rotatable bonds is 5. The Morgan fingerprint density at radius 2 is 2.04 bits per heavy atom. The van der Waals surface area contributed by atoms with Crippen molar-refractivity contribution in [2.75, 3.05) is 11.1 Å². The number of amides is 1. The second-order valence-corrected chi connectivity index (χ2v) is 7.29. The first-order valence-electron chi connectivity index (χ1n) is 7.28. The number of aromatic nitrogens is 3. The van der Waals surface area contributed by atoms with Crippen molar-refractivity contribution in [3.8, 4) is 5.69 Å². The molecule has 0 unspecified atom stereocenters. The summed E-state index contributed by atoms with van der Waals surface area (Å²) in [6.45, 7) is 1.98. The summed E-state index contributed by atoms with van der Waals surface area (Å²) in [6.07, 6.45) is 1.65. The lowest BCUT2D eigenvalue weighted by Crippen LogP contribution is -2.15. The number of anilines is 1. The molecule has 0 aliphatic rings. The Bertz CT molecular complexity index is 851. The van der Waals surface area contributed by atoms with E-state index in [2.05, 4.69) is 38.0 Å². The van der Waals surface area contributed by atoms with Gasteiger partial charge in [0.25, 0.3) is 0 Å². The average Bonchev–Trinajstić information content (AvgIpc) is 3.05. The summed E-state index contributed by atoms with van der Waals surface area (Å²) in [5, 5.41) is 7.87. The number of hydrogen-bond donors (Lipinski definition) is 1. The van der Waals surface area contributed by atoms with E-state index in [1.807, 2.05) is 55.5 Å². The third kappa shape index (κ3) is 4.35. The van der Waals surface area contributed by atoms with Crippen molar-refractivity contribution in [3.05, 3.63) is 64.0 Å². The highest BCUT2D eigenvalue weighted by atomic mass is 127. The Kier molecular flexibility index (Phi) is 5.52. The van der Waals surface area contributed by atoms with Crippen LogP contribution >= 0.6 is 34.4 Å². The minimum atomic E-state index is -0.0691. The lowest BCUT2D eigenvalue weighted by molar-refractivity contribution is -0.113. The van der Waals surface area contributed by atoms with E-state index in [0.29, 0.717) is 5.16 Å². The molecular weight excluding hydrogens is 435 g/mol. The van der Waals surface area contributed by atoms with Crippen molar-refractivity contribution in [1.82, 2.24) is 14.8 Å². The number of thioether (sulfide) groups is 1. The summed E-state index contributed by atoms with van der Waals surface area (Å²) in [7, 11) is 0. The molecule has 7 heteroatoms. The van der Waals surface area contributed by atoms with Gasteiger partial charge in [-0.15, -0.1) is 5.10 Å². The maximum absolute atomic E-state index is 12.1. The maximum Gasteiger partial charge on any atom is 0.234 e. The van der Waals surface area contributed by atoms with E-state index in [1.54, 1.807) is 11.0 Å².